The number of aryl methyl sites for hydroxylation is 2. The lowest BCUT2D eigenvalue weighted by molar-refractivity contribution is -0.139. The number of piperidine rings is 2. The van der Waals surface area contributed by atoms with E-state index < -0.39 is 0 Å². The third-order valence-corrected chi connectivity index (χ3v) is 6.19. The summed E-state index contributed by atoms with van der Waals surface area (Å²) in [4.78, 5) is 16.3. The predicted molar refractivity (Wildman–Crippen MR) is 102 cm³/mol. The number of ether oxygens (including phenoxy) is 1. The molecule has 2 aliphatic heterocycles. The molecule has 0 bridgehead atoms. The molecule has 1 spiro atoms. The number of rotatable bonds is 6. The van der Waals surface area contributed by atoms with E-state index in [4.69, 9.17) is 4.74 Å². The smallest absolute Gasteiger partial charge is 0.222 e. The van der Waals surface area contributed by atoms with Gasteiger partial charge in [-0.2, -0.15) is 0 Å². The highest BCUT2D eigenvalue weighted by Crippen LogP contribution is 2.40. The second-order valence-corrected chi connectivity index (χ2v) is 7.98. The maximum absolute atomic E-state index is 12.0. The highest BCUT2D eigenvalue weighted by atomic mass is 16.5. The van der Waals surface area contributed by atoms with Crippen molar-refractivity contribution in [2.45, 2.75) is 39.5 Å². The molecule has 2 aliphatic rings. The second-order valence-electron chi connectivity index (χ2n) is 7.98. The van der Waals surface area contributed by atoms with Crippen molar-refractivity contribution in [2.75, 3.05) is 45.9 Å². The number of benzene rings is 1. The molecule has 0 unspecified atom stereocenters. The van der Waals surface area contributed by atoms with Crippen LogP contribution in [0, 0.1) is 19.3 Å². The maximum atomic E-state index is 12.0. The quantitative estimate of drug-likeness (QED) is 0.846. The van der Waals surface area contributed by atoms with E-state index in [0.29, 0.717) is 19.6 Å². The lowest BCUT2D eigenvalue weighted by Gasteiger charge is -2.47. The van der Waals surface area contributed by atoms with Crippen LogP contribution in [-0.4, -0.2) is 66.8 Å². The SMILES string of the molecule is Cc1ccc(OCCN2CCC3(CCC(=O)N(CCO)C3)CC2)cc1C. The molecule has 0 atom stereocenters. The van der Waals surface area contributed by atoms with Crippen LogP contribution < -0.4 is 4.74 Å². The standard InChI is InChI=1S/C21H32N2O3/c1-17-3-4-19(15-18(17)2)26-14-12-22-9-7-21(8-10-22)6-5-20(25)23(16-21)11-13-24/h3-4,15,24H,5-14,16H2,1-2H3. The van der Waals surface area contributed by atoms with Gasteiger partial charge in [0, 0.05) is 26.1 Å². The number of hydrogen-bond acceptors (Lipinski definition) is 4. The number of aliphatic hydroxyl groups is 1. The van der Waals surface area contributed by atoms with Crippen LogP contribution >= 0.6 is 0 Å². The summed E-state index contributed by atoms with van der Waals surface area (Å²) in [6, 6.07) is 6.26. The molecule has 5 heteroatoms. The van der Waals surface area contributed by atoms with Crippen molar-refractivity contribution in [2.24, 2.45) is 5.41 Å². The van der Waals surface area contributed by atoms with Crippen LogP contribution in [0.15, 0.2) is 18.2 Å². The fourth-order valence-corrected chi connectivity index (χ4v) is 4.18. The molecule has 1 N–H and O–H groups in total. The van der Waals surface area contributed by atoms with Crippen molar-refractivity contribution >= 4 is 5.91 Å². The highest BCUT2D eigenvalue weighted by molar-refractivity contribution is 5.77. The summed E-state index contributed by atoms with van der Waals surface area (Å²) in [6.45, 7) is 9.38. The van der Waals surface area contributed by atoms with Gasteiger partial charge >= 0.3 is 0 Å². The van der Waals surface area contributed by atoms with Gasteiger partial charge < -0.3 is 14.7 Å². The van der Waals surface area contributed by atoms with Gasteiger partial charge in [0.1, 0.15) is 12.4 Å². The first-order chi connectivity index (χ1) is 12.5. The third-order valence-electron chi connectivity index (χ3n) is 6.19. The number of amides is 1. The Hall–Kier alpha value is -1.59. The number of carbonyl (C=O) groups excluding carboxylic acids is 1. The van der Waals surface area contributed by atoms with Crippen LogP contribution in [0.4, 0.5) is 0 Å². The fraction of sp³-hybridized carbons (Fsp3) is 0.667. The topological polar surface area (TPSA) is 53.0 Å². The van der Waals surface area contributed by atoms with Gasteiger partial charge in [-0.1, -0.05) is 6.07 Å². The van der Waals surface area contributed by atoms with Crippen molar-refractivity contribution in [3.63, 3.8) is 0 Å². The Morgan fingerprint density at radius 1 is 1.12 bits per heavy atom. The van der Waals surface area contributed by atoms with Gasteiger partial charge in [-0.3, -0.25) is 9.69 Å². The molecule has 26 heavy (non-hydrogen) atoms. The van der Waals surface area contributed by atoms with Crippen LogP contribution in [0.2, 0.25) is 0 Å². The van der Waals surface area contributed by atoms with E-state index in [2.05, 4.69) is 30.9 Å². The second kappa shape index (κ2) is 8.40. The fourth-order valence-electron chi connectivity index (χ4n) is 4.18. The van der Waals surface area contributed by atoms with Crippen molar-refractivity contribution in [3.8, 4) is 5.75 Å². The zero-order chi connectivity index (χ0) is 18.6. The zero-order valence-electron chi connectivity index (χ0n) is 16.2. The molecule has 0 saturated carbocycles. The van der Waals surface area contributed by atoms with Crippen molar-refractivity contribution in [3.05, 3.63) is 29.3 Å². The molecule has 3 rings (SSSR count). The average Bonchev–Trinajstić information content (AvgIpc) is 2.63. The first-order valence-corrected chi connectivity index (χ1v) is 9.82. The summed E-state index contributed by atoms with van der Waals surface area (Å²) in [5.41, 5.74) is 2.82. The third kappa shape index (κ3) is 4.57. The Morgan fingerprint density at radius 2 is 1.88 bits per heavy atom. The molecule has 0 aromatic heterocycles. The minimum absolute atomic E-state index is 0.0593. The van der Waals surface area contributed by atoms with Crippen LogP contribution in [0.3, 0.4) is 0 Å². The predicted octanol–water partition coefficient (Wildman–Crippen LogP) is 2.38. The van der Waals surface area contributed by atoms with E-state index in [1.165, 1.54) is 11.1 Å². The van der Waals surface area contributed by atoms with Crippen molar-refractivity contribution in [1.29, 1.82) is 0 Å². The molecule has 5 nitrogen and oxygen atoms in total. The Bertz CT molecular complexity index is 624. The van der Waals surface area contributed by atoms with Gasteiger partial charge in [0.15, 0.2) is 0 Å². The minimum atomic E-state index is 0.0593. The maximum Gasteiger partial charge on any atom is 0.222 e. The van der Waals surface area contributed by atoms with Crippen LogP contribution in [0.25, 0.3) is 0 Å². The Labute approximate surface area is 156 Å². The summed E-state index contributed by atoms with van der Waals surface area (Å²) in [5, 5.41) is 9.17. The summed E-state index contributed by atoms with van der Waals surface area (Å²) in [7, 11) is 0. The lowest BCUT2D eigenvalue weighted by Crippen LogP contribution is -2.52. The van der Waals surface area contributed by atoms with E-state index in [0.717, 1.165) is 51.2 Å². The van der Waals surface area contributed by atoms with E-state index in [1.54, 1.807) is 0 Å². The molecule has 0 aliphatic carbocycles. The Kier molecular flexibility index (Phi) is 6.20. The van der Waals surface area contributed by atoms with Gasteiger partial charge in [0.2, 0.25) is 5.91 Å². The first-order valence-electron chi connectivity index (χ1n) is 9.82. The number of β-amino-alcohol motifs (C(OH)–C–C–N with tert-alkyl or cyclic N) is 1. The molecule has 144 valence electrons. The number of likely N-dealkylation sites (tertiary alicyclic amines) is 2. The molecular weight excluding hydrogens is 328 g/mol. The van der Waals surface area contributed by atoms with Crippen LogP contribution in [-0.2, 0) is 4.79 Å². The number of carbonyl (C=O) groups is 1. The number of hydrogen-bond donors (Lipinski definition) is 1. The summed E-state index contributed by atoms with van der Waals surface area (Å²) < 4.78 is 5.92. The van der Waals surface area contributed by atoms with Gasteiger partial charge in [-0.15, -0.1) is 0 Å². The Morgan fingerprint density at radius 3 is 2.58 bits per heavy atom. The van der Waals surface area contributed by atoms with Gasteiger partial charge in [0.05, 0.1) is 6.61 Å². The molecule has 1 aromatic carbocycles. The molecule has 1 aromatic rings. The number of nitrogens with zero attached hydrogens (tertiary/aromatic N) is 2. The first kappa shape index (κ1) is 19.2. The summed E-state index contributed by atoms with van der Waals surface area (Å²) in [5.74, 6) is 1.15. The van der Waals surface area contributed by atoms with E-state index >= 15 is 0 Å². The number of aliphatic hydroxyl groups excluding tert-OH is 1. The molecule has 1 amide bonds. The van der Waals surface area contributed by atoms with Gasteiger partial charge in [0.25, 0.3) is 0 Å². The molecule has 0 radical (unpaired) electrons. The van der Waals surface area contributed by atoms with E-state index in [9.17, 15) is 9.90 Å². The molecular formula is C21H32N2O3. The lowest BCUT2D eigenvalue weighted by atomic mass is 9.72. The van der Waals surface area contributed by atoms with Crippen molar-refractivity contribution in [1.82, 2.24) is 9.80 Å². The minimum Gasteiger partial charge on any atom is -0.492 e. The van der Waals surface area contributed by atoms with Crippen LogP contribution in [0.1, 0.15) is 36.8 Å². The molecule has 2 heterocycles. The van der Waals surface area contributed by atoms with E-state index in [-0.39, 0.29) is 17.9 Å². The largest absolute Gasteiger partial charge is 0.492 e. The highest BCUT2D eigenvalue weighted by Gasteiger charge is 2.40. The van der Waals surface area contributed by atoms with Gasteiger partial charge in [-0.25, -0.2) is 0 Å². The zero-order valence-corrected chi connectivity index (χ0v) is 16.2. The van der Waals surface area contributed by atoms with Gasteiger partial charge in [-0.05, 0) is 74.9 Å². The Balaban J connectivity index is 1.43. The van der Waals surface area contributed by atoms with E-state index in [1.807, 2.05) is 11.0 Å². The van der Waals surface area contributed by atoms with Crippen LogP contribution in [0.5, 0.6) is 5.75 Å². The van der Waals surface area contributed by atoms with Crippen molar-refractivity contribution < 1.29 is 14.6 Å². The monoisotopic (exact) mass is 360 g/mol. The average molecular weight is 360 g/mol. The molecule has 2 fully saturated rings. The summed E-state index contributed by atoms with van der Waals surface area (Å²) in [6.07, 6.45) is 3.90. The molecule has 2 saturated heterocycles. The summed E-state index contributed by atoms with van der Waals surface area (Å²) >= 11 is 0. The normalized spacial score (nSPS) is 20.6.